The molecule has 0 saturated carbocycles. The molecule has 0 heterocycles. The number of methoxy groups -OCH3 is 1. The van der Waals surface area contributed by atoms with E-state index < -0.39 is 0 Å². The zero-order valence-corrected chi connectivity index (χ0v) is 11.8. The van der Waals surface area contributed by atoms with Crippen molar-refractivity contribution in [3.8, 4) is 11.8 Å². The fourth-order valence-electron chi connectivity index (χ4n) is 2.03. The van der Waals surface area contributed by atoms with Gasteiger partial charge in [0, 0.05) is 12.6 Å². The summed E-state index contributed by atoms with van der Waals surface area (Å²) in [6.07, 6.45) is 0. The van der Waals surface area contributed by atoms with Gasteiger partial charge in [-0.3, -0.25) is 0 Å². The van der Waals surface area contributed by atoms with Crippen LogP contribution in [0.4, 0.5) is 0 Å². The van der Waals surface area contributed by atoms with Gasteiger partial charge in [-0.05, 0) is 42.3 Å². The van der Waals surface area contributed by atoms with Crippen molar-refractivity contribution in [1.29, 1.82) is 5.26 Å². The second-order valence-electron chi connectivity index (χ2n) is 4.69. The number of ether oxygens (including phenoxy) is 1. The molecule has 0 radical (unpaired) electrons. The molecule has 2 rings (SSSR count). The molecule has 0 aliphatic heterocycles. The lowest BCUT2D eigenvalue weighted by Gasteiger charge is -2.15. The van der Waals surface area contributed by atoms with E-state index in [1.165, 1.54) is 5.56 Å². The molecule has 3 heteroatoms. The van der Waals surface area contributed by atoms with Crippen molar-refractivity contribution >= 4 is 0 Å². The molecule has 0 saturated heterocycles. The molecule has 3 nitrogen and oxygen atoms in total. The van der Waals surface area contributed by atoms with Gasteiger partial charge in [0.05, 0.1) is 18.7 Å². The molecule has 0 bridgehead atoms. The Morgan fingerprint density at radius 1 is 1.20 bits per heavy atom. The summed E-state index contributed by atoms with van der Waals surface area (Å²) in [7, 11) is 1.67. The van der Waals surface area contributed by atoms with Crippen LogP contribution in [0.5, 0.6) is 5.75 Å². The molecule has 2 aromatic rings. The van der Waals surface area contributed by atoms with Crippen LogP contribution in [0, 0.1) is 11.3 Å². The quantitative estimate of drug-likeness (QED) is 0.902. The summed E-state index contributed by atoms with van der Waals surface area (Å²) in [5.41, 5.74) is 3.02. The molecule has 2 aromatic carbocycles. The van der Waals surface area contributed by atoms with E-state index in [0.717, 1.165) is 17.9 Å². The van der Waals surface area contributed by atoms with Crippen LogP contribution in [-0.4, -0.2) is 7.11 Å². The van der Waals surface area contributed by atoms with Crippen LogP contribution < -0.4 is 10.1 Å². The number of nitrogens with zero attached hydrogens (tertiary/aromatic N) is 1. The van der Waals surface area contributed by atoms with Crippen molar-refractivity contribution in [2.24, 2.45) is 0 Å². The highest BCUT2D eigenvalue weighted by Crippen LogP contribution is 2.17. The van der Waals surface area contributed by atoms with Crippen molar-refractivity contribution in [2.75, 3.05) is 7.11 Å². The third kappa shape index (κ3) is 3.59. The SMILES string of the molecule is COc1ccc([C@H](C)NCc2cccc(C#N)c2)cc1. The molecule has 1 N–H and O–H groups in total. The van der Waals surface area contributed by atoms with E-state index in [4.69, 9.17) is 10.00 Å². The first-order valence-corrected chi connectivity index (χ1v) is 6.59. The monoisotopic (exact) mass is 266 g/mol. The maximum Gasteiger partial charge on any atom is 0.118 e. The molecule has 1 atom stereocenters. The molecule has 0 spiro atoms. The summed E-state index contributed by atoms with van der Waals surface area (Å²) in [4.78, 5) is 0. The average molecular weight is 266 g/mol. The van der Waals surface area contributed by atoms with Gasteiger partial charge in [-0.15, -0.1) is 0 Å². The van der Waals surface area contributed by atoms with Crippen LogP contribution in [0.1, 0.15) is 29.7 Å². The first-order valence-electron chi connectivity index (χ1n) is 6.59. The summed E-state index contributed by atoms with van der Waals surface area (Å²) in [6, 6.07) is 18.1. The molecule has 0 aliphatic carbocycles. The van der Waals surface area contributed by atoms with Gasteiger partial charge in [0.1, 0.15) is 5.75 Å². The number of rotatable bonds is 5. The standard InChI is InChI=1S/C17H18N2O/c1-13(16-6-8-17(20-2)9-7-16)19-12-15-5-3-4-14(10-15)11-18/h3-10,13,19H,12H2,1-2H3/t13-/m0/s1. The molecule has 0 amide bonds. The van der Waals surface area contributed by atoms with Gasteiger partial charge >= 0.3 is 0 Å². The van der Waals surface area contributed by atoms with Gasteiger partial charge in [0.15, 0.2) is 0 Å². The highest BCUT2D eigenvalue weighted by molar-refractivity contribution is 5.33. The van der Waals surface area contributed by atoms with Crippen LogP contribution >= 0.6 is 0 Å². The summed E-state index contributed by atoms with van der Waals surface area (Å²) in [5, 5.41) is 12.3. The Morgan fingerprint density at radius 3 is 2.60 bits per heavy atom. The van der Waals surface area contributed by atoms with Crippen LogP contribution in [-0.2, 0) is 6.54 Å². The number of hydrogen-bond donors (Lipinski definition) is 1. The fourth-order valence-corrected chi connectivity index (χ4v) is 2.03. The van der Waals surface area contributed by atoms with E-state index in [2.05, 4.69) is 30.4 Å². The molecule has 0 aromatic heterocycles. The second kappa shape index (κ2) is 6.74. The molecule has 0 unspecified atom stereocenters. The van der Waals surface area contributed by atoms with Crippen molar-refractivity contribution in [3.05, 3.63) is 65.2 Å². The van der Waals surface area contributed by atoms with E-state index >= 15 is 0 Å². The third-order valence-corrected chi connectivity index (χ3v) is 3.28. The Kier molecular flexibility index (Phi) is 4.75. The highest BCUT2D eigenvalue weighted by atomic mass is 16.5. The zero-order chi connectivity index (χ0) is 14.4. The van der Waals surface area contributed by atoms with Gasteiger partial charge in [0.2, 0.25) is 0 Å². The second-order valence-corrected chi connectivity index (χ2v) is 4.69. The molecule has 0 aliphatic rings. The van der Waals surface area contributed by atoms with Crippen molar-refractivity contribution in [1.82, 2.24) is 5.32 Å². The van der Waals surface area contributed by atoms with Gasteiger partial charge in [-0.2, -0.15) is 5.26 Å². The van der Waals surface area contributed by atoms with Crippen molar-refractivity contribution in [2.45, 2.75) is 19.5 Å². The maximum atomic E-state index is 8.88. The Hall–Kier alpha value is -2.31. The van der Waals surface area contributed by atoms with Crippen LogP contribution in [0.15, 0.2) is 48.5 Å². The molecule has 102 valence electrons. The Balaban J connectivity index is 1.97. The Morgan fingerprint density at radius 2 is 1.95 bits per heavy atom. The van der Waals surface area contributed by atoms with Crippen LogP contribution in [0.25, 0.3) is 0 Å². The molecule has 0 fully saturated rings. The summed E-state index contributed by atoms with van der Waals surface area (Å²) >= 11 is 0. The summed E-state index contributed by atoms with van der Waals surface area (Å²) in [5.74, 6) is 0.864. The van der Waals surface area contributed by atoms with E-state index in [1.807, 2.05) is 36.4 Å². The average Bonchev–Trinajstić information content (AvgIpc) is 2.53. The summed E-state index contributed by atoms with van der Waals surface area (Å²) in [6.45, 7) is 2.86. The van der Waals surface area contributed by atoms with Gasteiger partial charge in [0.25, 0.3) is 0 Å². The zero-order valence-electron chi connectivity index (χ0n) is 11.8. The lowest BCUT2D eigenvalue weighted by molar-refractivity contribution is 0.414. The molecular weight excluding hydrogens is 248 g/mol. The lowest BCUT2D eigenvalue weighted by atomic mass is 10.1. The maximum absolute atomic E-state index is 8.88. The third-order valence-electron chi connectivity index (χ3n) is 3.28. The molecular formula is C17H18N2O. The van der Waals surface area contributed by atoms with Crippen LogP contribution in [0.3, 0.4) is 0 Å². The largest absolute Gasteiger partial charge is 0.497 e. The fraction of sp³-hybridized carbons (Fsp3) is 0.235. The van der Waals surface area contributed by atoms with Crippen molar-refractivity contribution in [3.63, 3.8) is 0 Å². The van der Waals surface area contributed by atoms with Gasteiger partial charge in [-0.25, -0.2) is 0 Å². The predicted molar refractivity (Wildman–Crippen MR) is 79.4 cm³/mol. The van der Waals surface area contributed by atoms with Gasteiger partial charge in [-0.1, -0.05) is 24.3 Å². The van der Waals surface area contributed by atoms with Crippen LogP contribution in [0.2, 0.25) is 0 Å². The minimum absolute atomic E-state index is 0.242. The Bertz CT molecular complexity index is 599. The van der Waals surface area contributed by atoms with Crippen molar-refractivity contribution < 1.29 is 4.74 Å². The highest BCUT2D eigenvalue weighted by Gasteiger charge is 2.05. The smallest absolute Gasteiger partial charge is 0.118 e. The predicted octanol–water partition coefficient (Wildman–Crippen LogP) is 3.42. The van der Waals surface area contributed by atoms with Gasteiger partial charge < -0.3 is 10.1 Å². The van der Waals surface area contributed by atoms with E-state index in [1.54, 1.807) is 7.11 Å². The Labute approximate surface area is 119 Å². The number of benzene rings is 2. The minimum atomic E-state index is 0.242. The normalized spacial score (nSPS) is 11.7. The first-order chi connectivity index (χ1) is 9.72. The number of nitrogens with one attached hydrogen (secondary N) is 1. The summed E-state index contributed by atoms with van der Waals surface area (Å²) < 4.78 is 5.15. The van der Waals surface area contributed by atoms with E-state index in [9.17, 15) is 0 Å². The number of hydrogen-bond acceptors (Lipinski definition) is 3. The van der Waals surface area contributed by atoms with E-state index in [-0.39, 0.29) is 6.04 Å². The number of nitriles is 1. The molecule has 20 heavy (non-hydrogen) atoms. The topological polar surface area (TPSA) is 45.0 Å². The van der Waals surface area contributed by atoms with E-state index in [0.29, 0.717) is 5.56 Å². The first kappa shape index (κ1) is 14.1. The minimum Gasteiger partial charge on any atom is -0.497 e. The lowest BCUT2D eigenvalue weighted by Crippen LogP contribution is -2.18.